The molecule has 1 heteroatoms. The van der Waals surface area contributed by atoms with Gasteiger partial charge in [-0.2, -0.15) is 0 Å². The lowest BCUT2D eigenvalue weighted by atomic mass is 10.0. The van der Waals surface area contributed by atoms with Crippen molar-refractivity contribution in [2.24, 2.45) is 0 Å². The fourth-order valence-electron chi connectivity index (χ4n) is 1.35. The summed E-state index contributed by atoms with van der Waals surface area (Å²) >= 11 is 2.34. The summed E-state index contributed by atoms with van der Waals surface area (Å²) in [4.78, 5) is 0. The maximum absolute atomic E-state index is 3.94. The Kier molecular flexibility index (Phi) is 8.93. The first-order valence-electron chi connectivity index (χ1n) is 5.13. The van der Waals surface area contributed by atoms with Crippen LogP contribution in [0.25, 0.3) is 0 Å². The lowest BCUT2D eigenvalue weighted by Gasteiger charge is -2.05. The SMILES string of the molecule is C=C(C)C/C(=C\I)CCCCCC. The van der Waals surface area contributed by atoms with Crippen LogP contribution in [0.4, 0.5) is 0 Å². The molecule has 0 heterocycles. The van der Waals surface area contributed by atoms with Gasteiger partial charge in [-0.1, -0.05) is 66.5 Å². The van der Waals surface area contributed by atoms with Crippen molar-refractivity contribution < 1.29 is 0 Å². The van der Waals surface area contributed by atoms with E-state index < -0.39 is 0 Å². The van der Waals surface area contributed by atoms with Crippen molar-refractivity contribution in [3.63, 3.8) is 0 Å². The minimum absolute atomic E-state index is 1.09. The summed E-state index contributed by atoms with van der Waals surface area (Å²) in [7, 11) is 0. The van der Waals surface area contributed by atoms with Crippen molar-refractivity contribution in [2.45, 2.75) is 52.4 Å². The van der Waals surface area contributed by atoms with Gasteiger partial charge in [0.05, 0.1) is 0 Å². The topological polar surface area (TPSA) is 0 Å². The van der Waals surface area contributed by atoms with E-state index in [0.717, 1.165) is 6.42 Å². The van der Waals surface area contributed by atoms with E-state index in [9.17, 15) is 0 Å². The Labute approximate surface area is 96.6 Å². The maximum Gasteiger partial charge on any atom is -0.0106 e. The molecule has 0 aliphatic carbocycles. The second-order valence-corrected chi connectivity index (χ2v) is 4.33. The predicted molar refractivity (Wildman–Crippen MR) is 70.3 cm³/mol. The molecule has 0 atom stereocenters. The molecule has 0 rings (SSSR count). The van der Waals surface area contributed by atoms with Crippen LogP contribution in [0.3, 0.4) is 0 Å². The fraction of sp³-hybridized carbons (Fsp3) is 0.667. The van der Waals surface area contributed by atoms with Gasteiger partial charge in [0.2, 0.25) is 0 Å². The van der Waals surface area contributed by atoms with Crippen LogP contribution in [0.1, 0.15) is 52.4 Å². The molecule has 0 radical (unpaired) electrons. The van der Waals surface area contributed by atoms with Crippen LogP contribution in [-0.4, -0.2) is 0 Å². The first kappa shape index (κ1) is 13.2. The van der Waals surface area contributed by atoms with Gasteiger partial charge in [0.15, 0.2) is 0 Å². The van der Waals surface area contributed by atoms with Gasteiger partial charge in [0.25, 0.3) is 0 Å². The van der Waals surface area contributed by atoms with Crippen molar-refractivity contribution in [1.29, 1.82) is 0 Å². The van der Waals surface area contributed by atoms with Crippen molar-refractivity contribution in [3.8, 4) is 0 Å². The number of hydrogen-bond donors (Lipinski definition) is 0. The molecular weight excluding hydrogens is 271 g/mol. The third-order valence-corrected chi connectivity index (χ3v) is 2.92. The van der Waals surface area contributed by atoms with Gasteiger partial charge in [-0.15, -0.1) is 0 Å². The van der Waals surface area contributed by atoms with Gasteiger partial charge in [0, 0.05) is 0 Å². The lowest BCUT2D eigenvalue weighted by Crippen LogP contribution is -1.85. The second kappa shape index (κ2) is 8.79. The number of halogens is 1. The smallest absolute Gasteiger partial charge is 0.0106 e. The van der Waals surface area contributed by atoms with E-state index in [1.165, 1.54) is 37.7 Å². The number of rotatable bonds is 7. The van der Waals surface area contributed by atoms with Crippen LogP contribution in [0, 0.1) is 0 Å². The molecule has 0 aromatic rings. The van der Waals surface area contributed by atoms with E-state index in [-0.39, 0.29) is 0 Å². The third-order valence-electron chi connectivity index (χ3n) is 2.03. The van der Waals surface area contributed by atoms with Crippen LogP contribution in [0.2, 0.25) is 0 Å². The van der Waals surface area contributed by atoms with Gasteiger partial charge < -0.3 is 0 Å². The summed E-state index contributed by atoms with van der Waals surface area (Å²) < 4.78 is 2.22. The molecule has 13 heavy (non-hydrogen) atoms. The van der Waals surface area contributed by atoms with Crippen LogP contribution in [0.5, 0.6) is 0 Å². The molecule has 0 amide bonds. The first-order valence-corrected chi connectivity index (χ1v) is 6.37. The summed E-state index contributed by atoms with van der Waals surface area (Å²) in [5.41, 5.74) is 2.82. The average Bonchev–Trinajstić information content (AvgIpc) is 2.09. The fourth-order valence-corrected chi connectivity index (χ4v) is 1.88. The molecule has 0 saturated heterocycles. The minimum Gasteiger partial charge on any atom is -0.0998 e. The molecule has 0 nitrogen and oxygen atoms in total. The molecule has 0 saturated carbocycles. The highest BCUT2D eigenvalue weighted by Gasteiger charge is 1.97. The Balaban J connectivity index is 3.55. The Morgan fingerprint density at radius 2 is 2.00 bits per heavy atom. The normalized spacial score (nSPS) is 11.8. The third kappa shape index (κ3) is 8.54. The van der Waals surface area contributed by atoms with Crippen molar-refractivity contribution in [3.05, 3.63) is 21.8 Å². The van der Waals surface area contributed by atoms with E-state index in [4.69, 9.17) is 0 Å². The lowest BCUT2D eigenvalue weighted by molar-refractivity contribution is 0.660. The highest BCUT2D eigenvalue weighted by Crippen LogP contribution is 2.18. The second-order valence-electron chi connectivity index (χ2n) is 3.71. The van der Waals surface area contributed by atoms with E-state index in [1.807, 2.05) is 0 Å². The highest BCUT2D eigenvalue weighted by atomic mass is 127. The molecule has 0 aromatic carbocycles. The molecular formula is C12H21I. The molecule has 0 aliphatic rings. The summed E-state index contributed by atoms with van der Waals surface area (Å²) in [6.45, 7) is 8.30. The number of allylic oxidation sites excluding steroid dienone is 2. The molecule has 0 unspecified atom stereocenters. The summed E-state index contributed by atoms with van der Waals surface area (Å²) in [5, 5.41) is 0. The van der Waals surface area contributed by atoms with Crippen molar-refractivity contribution in [1.82, 2.24) is 0 Å². The maximum atomic E-state index is 3.94. The van der Waals surface area contributed by atoms with Gasteiger partial charge in [-0.05, 0) is 30.3 Å². The Hall–Kier alpha value is 0.210. The molecule has 76 valence electrons. The Morgan fingerprint density at radius 3 is 2.46 bits per heavy atom. The quantitative estimate of drug-likeness (QED) is 0.342. The molecule has 0 fully saturated rings. The summed E-state index contributed by atoms with van der Waals surface area (Å²) in [6, 6.07) is 0. The van der Waals surface area contributed by atoms with E-state index in [1.54, 1.807) is 5.57 Å². The van der Waals surface area contributed by atoms with Gasteiger partial charge in [-0.3, -0.25) is 0 Å². The van der Waals surface area contributed by atoms with Crippen molar-refractivity contribution >= 4 is 22.6 Å². The zero-order valence-electron chi connectivity index (χ0n) is 8.91. The largest absolute Gasteiger partial charge is 0.0998 e. The molecule has 0 aliphatic heterocycles. The number of hydrogen-bond acceptors (Lipinski definition) is 0. The van der Waals surface area contributed by atoms with Gasteiger partial charge >= 0.3 is 0 Å². The Morgan fingerprint density at radius 1 is 1.31 bits per heavy atom. The average molecular weight is 292 g/mol. The molecule has 0 aromatic heterocycles. The van der Waals surface area contributed by atoms with Crippen molar-refractivity contribution in [2.75, 3.05) is 0 Å². The van der Waals surface area contributed by atoms with Crippen LogP contribution in [0.15, 0.2) is 21.8 Å². The first-order chi connectivity index (χ1) is 6.20. The zero-order valence-corrected chi connectivity index (χ0v) is 11.1. The zero-order chi connectivity index (χ0) is 10.1. The Bertz CT molecular complexity index is 168. The standard InChI is InChI=1S/C12H21I/c1-4-5-6-7-8-12(10-13)9-11(2)3/h10H,2,4-9H2,1,3H3/b12-10-. The summed E-state index contributed by atoms with van der Waals surface area (Å²) in [5.74, 6) is 0. The minimum atomic E-state index is 1.09. The van der Waals surface area contributed by atoms with Crippen LogP contribution >= 0.6 is 22.6 Å². The van der Waals surface area contributed by atoms with E-state index >= 15 is 0 Å². The number of unbranched alkanes of at least 4 members (excludes halogenated alkanes) is 3. The van der Waals surface area contributed by atoms with E-state index in [0.29, 0.717) is 0 Å². The van der Waals surface area contributed by atoms with Gasteiger partial charge in [0.1, 0.15) is 0 Å². The van der Waals surface area contributed by atoms with E-state index in [2.05, 4.69) is 47.1 Å². The highest BCUT2D eigenvalue weighted by molar-refractivity contribution is 14.1. The molecule has 0 bridgehead atoms. The monoisotopic (exact) mass is 292 g/mol. The van der Waals surface area contributed by atoms with Crippen LogP contribution < -0.4 is 0 Å². The van der Waals surface area contributed by atoms with Crippen LogP contribution in [-0.2, 0) is 0 Å². The molecule has 0 spiro atoms. The molecule has 0 N–H and O–H groups in total. The predicted octanol–water partition coefficient (Wildman–Crippen LogP) is 5.24. The van der Waals surface area contributed by atoms with Gasteiger partial charge in [-0.25, -0.2) is 0 Å². The summed E-state index contributed by atoms with van der Waals surface area (Å²) in [6.07, 6.45) is 7.77.